The lowest BCUT2D eigenvalue weighted by Gasteiger charge is -2.11. The number of rotatable bonds is 5. The van der Waals surface area contributed by atoms with Crippen molar-refractivity contribution in [1.82, 2.24) is 5.32 Å². The number of carbonyl (C=O) groups excluding carboxylic acids is 1. The van der Waals surface area contributed by atoms with E-state index in [0.29, 0.717) is 18.3 Å². The third-order valence-corrected chi connectivity index (χ3v) is 2.43. The number of nitrogens with one attached hydrogen (secondary N) is 1. The van der Waals surface area contributed by atoms with Gasteiger partial charge in [0.15, 0.2) is 0 Å². The van der Waals surface area contributed by atoms with Crippen molar-refractivity contribution in [3.63, 3.8) is 0 Å². The zero-order valence-electron chi connectivity index (χ0n) is 7.76. The van der Waals surface area contributed by atoms with Crippen molar-refractivity contribution in [2.24, 2.45) is 0 Å². The molecule has 0 spiro atoms. The highest BCUT2D eigenvalue weighted by Crippen LogP contribution is 2.09. The summed E-state index contributed by atoms with van der Waals surface area (Å²) in [5.74, 6) is 0.817. The highest BCUT2D eigenvalue weighted by Gasteiger charge is 2.12. The first kappa shape index (κ1) is 10.6. The van der Waals surface area contributed by atoms with Crippen LogP contribution in [0.15, 0.2) is 12.2 Å². The normalized spacial score (nSPS) is 16.4. The number of amides is 1. The fourth-order valence-electron chi connectivity index (χ4n) is 1.41. The van der Waals surface area contributed by atoms with E-state index >= 15 is 0 Å². The van der Waals surface area contributed by atoms with Crippen molar-refractivity contribution in [2.45, 2.75) is 38.1 Å². The predicted molar refractivity (Wildman–Crippen MR) is 54.9 cm³/mol. The Kier molecular flexibility index (Phi) is 4.91. The van der Waals surface area contributed by atoms with Crippen molar-refractivity contribution in [3.05, 3.63) is 12.2 Å². The van der Waals surface area contributed by atoms with Crippen LogP contribution in [0.3, 0.4) is 0 Å². The largest absolute Gasteiger partial charge is 0.353 e. The maximum absolute atomic E-state index is 11.3. The molecule has 74 valence electrons. The van der Waals surface area contributed by atoms with Gasteiger partial charge in [-0.05, 0) is 25.7 Å². The minimum Gasteiger partial charge on any atom is -0.353 e. The Morgan fingerprint density at radius 1 is 1.38 bits per heavy atom. The Labute approximate surface area is 84.3 Å². The fourth-order valence-corrected chi connectivity index (χ4v) is 1.60. The van der Waals surface area contributed by atoms with Crippen molar-refractivity contribution in [3.8, 4) is 0 Å². The zero-order valence-corrected chi connectivity index (χ0v) is 8.52. The molecule has 0 aliphatic heterocycles. The lowest BCUT2D eigenvalue weighted by molar-refractivity contribution is -0.121. The molecule has 1 aliphatic rings. The highest BCUT2D eigenvalue weighted by molar-refractivity contribution is 6.17. The highest BCUT2D eigenvalue weighted by atomic mass is 35.5. The Morgan fingerprint density at radius 3 is 2.69 bits per heavy atom. The Morgan fingerprint density at radius 2 is 2.08 bits per heavy atom. The van der Waals surface area contributed by atoms with E-state index in [9.17, 15) is 4.79 Å². The van der Waals surface area contributed by atoms with E-state index < -0.39 is 0 Å². The Bertz CT molecular complexity index is 183. The molecular formula is C10H16ClNO. The average molecular weight is 202 g/mol. The van der Waals surface area contributed by atoms with Crippen LogP contribution in [-0.2, 0) is 4.79 Å². The molecule has 2 nitrogen and oxygen atoms in total. The molecule has 0 aromatic heterocycles. The first-order valence-electron chi connectivity index (χ1n) is 4.83. The van der Waals surface area contributed by atoms with Crippen LogP contribution in [0.5, 0.6) is 0 Å². The summed E-state index contributed by atoms with van der Waals surface area (Å²) in [6, 6.07) is 0.350. The van der Waals surface area contributed by atoms with Crippen LogP contribution >= 0.6 is 11.6 Å². The first-order chi connectivity index (χ1) is 6.33. The molecule has 0 heterocycles. The summed E-state index contributed by atoms with van der Waals surface area (Å²) in [5, 5.41) is 2.99. The molecule has 13 heavy (non-hydrogen) atoms. The van der Waals surface area contributed by atoms with E-state index in [-0.39, 0.29) is 5.91 Å². The molecule has 0 fully saturated rings. The van der Waals surface area contributed by atoms with Gasteiger partial charge in [-0.1, -0.05) is 12.2 Å². The van der Waals surface area contributed by atoms with Gasteiger partial charge in [0.05, 0.1) is 0 Å². The number of hydrogen-bond acceptors (Lipinski definition) is 1. The van der Waals surface area contributed by atoms with Crippen LogP contribution < -0.4 is 5.32 Å². The molecule has 1 aliphatic carbocycles. The fraction of sp³-hybridized carbons (Fsp3) is 0.700. The summed E-state index contributed by atoms with van der Waals surface area (Å²) in [5.41, 5.74) is 0. The molecule has 0 radical (unpaired) electrons. The second-order valence-corrected chi connectivity index (χ2v) is 3.73. The van der Waals surface area contributed by atoms with Gasteiger partial charge < -0.3 is 5.32 Å². The van der Waals surface area contributed by atoms with Crippen LogP contribution in [0.2, 0.25) is 0 Å². The molecule has 1 rings (SSSR count). The molecule has 0 saturated heterocycles. The molecule has 0 aromatic carbocycles. The van der Waals surface area contributed by atoms with Gasteiger partial charge in [0, 0.05) is 18.3 Å². The molecule has 0 unspecified atom stereocenters. The van der Waals surface area contributed by atoms with Gasteiger partial charge >= 0.3 is 0 Å². The Balaban J connectivity index is 2.03. The van der Waals surface area contributed by atoms with E-state index in [1.807, 2.05) is 0 Å². The third-order valence-electron chi connectivity index (χ3n) is 2.16. The smallest absolute Gasteiger partial charge is 0.220 e. The summed E-state index contributed by atoms with van der Waals surface area (Å²) in [4.78, 5) is 11.3. The van der Waals surface area contributed by atoms with Gasteiger partial charge in [0.2, 0.25) is 5.91 Å². The van der Waals surface area contributed by atoms with Crippen LogP contribution in [0.4, 0.5) is 0 Å². The van der Waals surface area contributed by atoms with Gasteiger partial charge in [0.25, 0.3) is 0 Å². The monoisotopic (exact) mass is 201 g/mol. The summed E-state index contributed by atoms with van der Waals surface area (Å²) < 4.78 is 0. The number of halogens is 1. The lowest BCUT2D eigenvalue weighted by Crippen LogP contribution is -2.32. The minimum absolute atomic E-state index is 0.166. The van der Waals surface area contributed by atoms with Crippen LogP contribution in [-0.4, -0.2) is 17.8 Å². The standard InChI is InChI=1S/C10H16ClNO/c11-8-4-3-7-10(13)12-9-5-1-2-6-9/h1-2,9H,3-8H2,(H,12,13). The lowest BCUT2D eigenvalue weighted by atomic mass is 10.2. The minimum atomic E-state index is 0.166. The quantitative estimate of drug-likeness (QED) is 0.413. The molecule has 0 atom stereocenters. The number of alkyl halides is 1. The molecule has 0 saturated carbocycles. The maximum atomic E-state index is 11.3. The van der Waals surface area contributed by atoms with E-state index in [1.165, 1.54) is 0 Å². The molecular weight excluding hydrogens is 186 g/mol. The second-order valence-electron chi connectivity index (χ2n) is 3.35. The summed E-state index contributed by atoms with van der Waals surface area (Å²) in [6.45, 7) is 0. The third kappa shape index (κ3) is 4.32. The van der Waals surface area contributed by atoms with Gasteiger partial charge in [-0.3, -0.25) is 4.79 Å². The van der Waals surface area contributed by atoms with Gasteiger partial charge in [-0.15, -0.1) is 11.6 Å². The van der Waals surface area contributed by atoms with Gasteiger partial charge in [-0.25, -0.2) is 0 Å². The van der Waals surface area contributed by atoms with E-state index in [2.05, 4.69) is 17.5 Å². The Hall–Kier alpha value is -0.500. The molecule has 0 bridgehead atoms. The second kappa shape index (κ2) is 6.03. The number of hydrogen-bond donors (Lipinski definition) is 1. The van der Waals surface area contributed by atoms with Crippen molar-refractivity contribution >= 4 is 17.5 Å². The first-order valence-corrected chi connectivity index (χ1v) is 5.36. The molecule has 3 heteroatoms. The SMILES string of the molecule is O=C(CCCCCl)NC1CC=CC1. The molecule has 0 aromatic rings. The zero-order chi connectivity index (χ0) is 9.52. The van der Waals surface area contributed by atoms with E-state index in [0.717, 1.165) is 25.7 Å². The average Bonchev–Trinajstić information content (AvgIpc) is 2.57. The molecule has 1 N–H and O–H groups in total. The number of carbonyl (C=O) groups is 1. The number of unbranched alkanes of at least 4 members (excludes halogenated alkanes) is 1. The topological polar surface area (TPSA) is 29.1 Å². The van der Waals surface area contributed by atoms with Crippen LogP contribution in [0.25, 0.3) is 0 Å². The van der Waals surface area contributed by atoms with Crippen LogP contribution in [0, 0.1) is 0 Å². The van der Waals surface area contributed by atoms with E-state index in [4.69, 9.17) is 11.6 Å². The molecule has 1 amide bonds. The predicted octanol–water partition coefficient (Wildman–Crippen LogP) is 2.23. The van der Waals surface area contributed by atoms with Crippen molar-refractivity contribution in [2.75, 3.05) is 5.88 Å². The van der Waals surface area contributed by atoms with Crippen molar-refractivity contribution in [1.29, 1.82) is 0 Å². The van der Waals surface area contributed by atoms with E-state index in [1.54, 1.807) is 0 Å². The van der Waals surface area contributed by atoms with Gasteiger partial charge in [-0.2, -0.15) is 0 Å². The summed E-state index contributed by atoms with van der Waals surface area (Å²) in [7, 11) is 0. The summed E-state index contributed by atoms with van der Waals surface area (Å²) in [6.07, 6.45) is 8.65. The maximum Gasteiger partial charge on any atom is 0.220 e. The summed E-state index contributed by atoms with van der Waals surface area (Å²) >= 11 is 5.51. The van der Waals surface area contributed by atoms with Gasteiger partial charge in [0.1, 0.15) is 0 Å². The van der Waals surface area contributed by atoms with Crippen LogP contribution in [0.1, 0.15) is 32.1 Å². The van der Waals surface area contributed by atoms with Crippen molar-refractivity contribution < 1.29 is 4.79 Å².